The Labute approximate surface area is 143 Å². The van der Waals surface area contributed by atoms with Gasteiger partial charge in [-0.2, -0.15) is 0 Å². The van der Waals surface area contributed by atoms with Gasteiger partial charge in [-0.25, -0.2) is 4.79 Å². The topological polar surface area (TPSA) is 61.4 Å². The zero-order valence-electron chi connectivity index (χ0n) is 14.8. The fourth-order valence-electron chi connectivity index (χ4n) is 2.17. The molecule has 0 aliphatic heterocycles. The molecular formula is C18H29NO3S. The minimum Gasteiger partial charge on any atom is -0.598 e. The highest BCUT2D eigenvalue weighted by Gasteiger charge is 2.29. The minimum atomic E-state index is -1.13. The fraction of sp³-hybridized carbons (Fsp3) is 0.611. The Kier molecular flexibility index (Phi) is 8.09. The van der Waals surface area contributed by atoms with Crippen molar-refractivity contribution in [3.05, 3.63) is 35.4 Å². The smallest absolute Gasteiger partial charge is 0.337 e. The fourth-order valence-corrected chi connectivity index (χ4v) is 3.03. The van der Waals surface area contributed by atoms with Crippen molar-refractivity contribution in [1.29, 1.82) is 0 Å². The van der Waals surface area contributed by atoms with E-state index in [9.17, 15) is 9.35 Å². The summed E-state index contributed by atoms with van der Waals surface area (Å²) in [5.41, 5.74) is 1.58. The van der Waals surface area contributed by atoms with Gasteiger partial charge in [0.05, 0.1) is 18.7 Å². The Morgan fingerprint density at radius 1 is 1.26 bits per heavy atom. The number of ether oxygens (including phenoxy) is 1. The summed E-state index contributed by atoms with van der Waals surface area (Å²) in [7, 11) is 1.37. The molecule has 0 heterocycles. The van der Waals surface area contributed by atoms with Gasteiger partial charge in [-0.15, -0.1) is 4.72 Å². The van der Waals surface area contributed by atoms with Crippen LogP contribution in [-0.4, -0.2) is 22.4 Å². The van der Waals surface area contributed by atoms with Crippen LogP contribution in [0.2, 0.25) is 0 Å². The van der Waals surface area contributed by atoms with Crippen LogP contribution in [0.5, 0.6) is 0 Å². The average Bonchev–Trinajstić information content (AvgIpc) is 2.52. The lowest BCUT2D eigenvalue weighted by Crippen LogP contribution is -2.41. The average molecular weight is 340 g/mol. The SMILES string of the molecule is CCCCC[C@@H](N[S@@+]([O-])C(C)(C)C)c1ccc(C(=O)OC)cc1. The molecule has 0 bridgehead atoms. The van der Waals surface area contributed by atoms with E-state index in [0.29, 0.717) is 5.56 Å². The molecule has 0 aliphatic rings. The van der Waals surface area contributed by atoms with Gasteiger partial charge in [-0.3, -0.25) is 0 Å². The summed E-state index contributed by atoms with van der Waals surface area (Å²) < 4.78 is 20.1. The van der Waals surface area contributed by atoms with Crippen LogP contribution in [0.1, 0.15) is 75.3 Å². The van der Waals surface area contributed by atoms with Gasteiger partial charge in [0.15, 0.2) is 0 Å². The molecule has 1 aromatic rings. The third kappa shape index (κ3) is 6.53. The van der Waals surface area contributed by atoms with Gasteiger partial charge in [0, 0.05) is 11.4 Å². The van der Waals surface area contributed by atoms with Gasteiger partial charge < -0.3 is 9.29 Å². The molecule has 0 unspecified atom stereocenters. The predicted molar refractivity (Wildman–Crippen MR) is 95.7 cm³/mol. The molecule has 4 nitrogen and oxygen atoms in total. The lowest BCUT2D eigenvalue weighted by atomic mass is 10.00. The van der Waals surface area contributed by atoms with Gasteiger partial charge in [0.25, 0.3) is 0 Å². The highest BCUT2D eigenvalue weighted by Crippen LogP contribution is 2.25. The Morgan fingerprint density at radius 3 is 2.35 bits per heavy atom. The van der Waals surface area contributed by atoms with Crippen LogP contribution in [0, 0.1) is 0 Å². The van der Waals surface area contributed by atoms with Gasteiger partial charge in [-0.1, -0.05) is 38.3 Å². The second kappa shape index (κ2) is 9.30. The number of benzene rings is 1. The number of rotatable bonds is 8. The van der Waals surface area contributed by atoms with E-state index in [1.807, 2.05) is 32.9 Å². The van der Waals surface area contributed by atoms with Crippen molar-refractivity contribution < 1.29 is 14.1 Å². The molecule has 0 amide bonds. The number of unbranched alkanes of at least 4 members (excludes halogenated alkanes) is 2. The summed E-state index contributed by atoms with van der Waals surface area (Å²) >= 11 is -1.13. The first-order valence-electron chi connectivity index (χ1n) is 8.16. The van der Waals surface area contributed by atoms with Crippen molar-refractivity contribution in [1.82, 2.24) is 4.72 Å². The summed E-state index contributed by atoms with van der Waals surface area (Å²) in [6.45, 7) is 8.04. The Balaban J connectivity index is 2.87. The first-order valence-corrected chi connectivity index (χ1v) is 9.31. The molecule has 0 aromatic heterocycles. The van der Waals surface area contributed by atoms with Crippen LogP contribution in [0.3, 0.4) is 0 Å². The highest BCUT2D eigenvalue weighted by molar-refractivity contribution is 7.90. The first-order chi connectivity index (χ1) is 10.8. The summed E-state index contributed by atoms with van der Waals surface area (Å²) in [5, 5.41) is 0. The zero-order valence-corrected chi connectivity index (χ0v) is 15.7. The van der Waals surface area contributed by atoms with Crippen molar-refractivity contribution in [3.63, 3.8) is 0 Å². The normalized spacial score (nSPS) is 14.3. The lowest BCUT2D eigenvalue weighted by Gasteiger charge is -2.28. The van der Waals surface area contributed by atoms with E-state index < -0.39 is 11.4 Å². The Hall–Kier alpha value is -1.04. The number of hydrogen-bond acceptors (Lipinski definition) is 4. The first kappa shape index (κ1) is 20.0. The highest BCUT2D eigenvalue weighted by atomic mass is 32.2. The molecule has 1 rings (SSSR count). The molecule has 0 saturated heterocycles. The zero-order chi connectivity index (χ0) is 17.5. The van der Waals surface area contributed by atoms with Crippen LogP contribution < -0.4 is 4.72 Å². The summed E-state index contributed by atoms with van der Waals surface area (Å²) in [4.78, 5) is 11.5. The van der Waals surface area contributed by atoms with Gasteiger partial charge >= 0.3 is 5.97 Å². The summed E-state index contributed by atoms with van der Waals surface area (Å²) in [6.07, 6.45) is 4.30. The number of nitrogens with one attached hydrogen (secondary N) is 1. The molecular weight excluding hydrogens is 310 g/mol. The van der Waals surface area contributed by atoms with E-state index in [1.165, 1.54) is 7.11 Å². The molecule has 2 atom stereocenters. The molecule has 0 radical (unpaired) electrons. The third-order valence-electron chi connectivity index (χ3n) is 3.64. The molecule has 0 saturated carbocycles. The van der Waals surface area contributed by atoms with E-state index in [2.05, 4.69) is 11.6 Å². The lowest BCUT2D eigenvalue weighted by molar-refractivity contribution is 0.0600. The Bertz CT molecular complexity index is 482. The maximum atomic E-state index is 12.4. The quantitative estimate of drug-likeness (QED) is 0.439. The van der Waals surface area contributed by atoms with Gasteiger partial charge in [0.1, 0.15) is 4.75 Å². The molecule has 1 N–H and O–H groups in total. The molecule has 1 aromatic carbocycles. The van der Waals surface area contributed by atoms with E-state index in [0.717, 1.165) is 31.2 Å². The van der Waals surface area contributed by atoms with Crippen molar-refractivity contribution in [2.45, 2.75) is 64.2 Å². The number of esters is 1. The van der Waals surface area contributed by atoms with Crippen LogP contribution in [0.25, 0.3) is 0 Å². The van der Waals surface area contributed by atoms with E-state index in [1.54, 1.807) is 12.1 Å². The van der Waals surface area contributed by atoms with Crippen LogP contribution in [-0.2, 0) is 16.1 Å². The van der Waals surface area contributed by atoms with Gasteiger partial charge in [-0.05, 0) is 44.9 Å². The molecule has 23 heavy (non-hydrogen) atoms. The van der Waals surface area contributed by atoms with Crippen molar-refractivity contribution in [2.75, 3.05) is 7.11 Å². The number of carbonyl (C=O) groups excluding carboxylic acids is 1. The van der Waals surface area contributed by atoms with Crippen LogP contribution >= 0.6 is 0 Å². The number of methoxy groups -OCH3 is 1. The monoisotopic (exact) mass is 339 g/mol. The summed E-state index contributed by atoms with van der Waals surface area (Å²) in [5.74, 6) is -0.342. The molecule has 0 aliphatic carbocycles. The van der Waals surface area contributed by atoms with E-state index in [4.69, 9.17) is 4.74 Å². The standard InChI is InChI=1S/C18H29NO3S/c1-6-7-8-9-16(19-23(21)18(2,3)4)14-10-12-15(13-11-14)17(20)22-5/h10-13,16,19H,6-9H2,1-5H3/t16-,23+/m1/s1. The molecule has 0 spiro atoms. The largest absolute Gasteiger partial charge is 0.598 e. The number of hydrogen-bond donors (Lipinski definition) is 1. The maximum absolute atomic E-state index is 12.4. The second-order valence-electron chi connectivity index (χ2n) is 6.66. The second-order valence-corrected chi connectivity index (χ2v) is 8.66. The van der Waals surface area contributed by atoms with Crippen molar-refractivity contribution in [3.8, 4) is 0 Å². The number of carbonyl (C=O) groups is 1. The summed E-state index contributed by atoms with van der Waals surface area (Å²) in [6, 6.07) is 7.37. The molecule has 5 heteroatoms. The molecule has 0 fully saturated rings. The van der Waals surface area contributed by atoms with E-state index >= 15 is 0 Å². The van der Waals surface area contributed by atoms with Crippen LogP contribution in [0.15, 0.2) is 24.3 Å². The van der Waals surface area contributed by atoms with Crippen LogP contribution in [0.4, 0.5) is 0 Å². The van der Waals surface area contributed by atoms with Crippen molar-refractivity contribution in [2.24, 2.45) is 0 Å². The van der Waals surface area contributed by atoms with Crippen molar-refractivity contribution >= 4 is 17.3 Å². The molecule has 130 valence electrons. The third-order valence-corrected chi connectivity index (χ3v) is 5.25. The minimum absolute atomic E-state index is 0.0216. The van der Waals surface area contributed by atoms with E-state index in [-0.39, 0.29) is 16.8 Å². The predicted octanol–water partition coefficient (Wildman–Crippen LogP) is 4.15. The maximum Gasteiger partial charge on any atom is 0.337 e. The Morgan fingerprint density at radius 2 is 1.87 bits per heavy atom. The van der Waals surface area contributed by atoms with Gasteiger partial charge in [0.2, 0.25) is 0 Å².